The summed E-state index contributed by atoms with van der Waals surface area (Å²) in [4.78, 5) is 24.9. The topological polar surface area (TPSA) is 70.8 Å². The SMILES string of the molecule is C=c1ccccc1=C(C)CN(C)c1ccc2cc(C(=O)O)c(=O)oc2c1. The molecular formula is C21H19NO4. The summed E-state index contributed by atoms with van der Waals surface area (Å²) in [7, 11) is 1.94. The first-order valence-corrected chi connectivity index (χ1v) is 8.13. The van der Waals surface area contributed by atoms with E-state index in [1.165, 1.54) is 11.6 Å². The molecular weight excluding hydrogens is 330 g/mol. The van der Waals surface area contributed by atoms with E-state index < -0.39 is 11.6 Å². The van der Waals surface area contributed by atoms with Gasteiger partial charge in [-0.2, -0.15) is 0 Å². The van der Waals surface area contributed by atoms with Crippen molar-refractivity contribution >= 4 is 34.8 Å². The van der Waals surface area contributed by atoms with E-state index in [1.54, 1.807) is 12.1 Å². The average Bonchev–Trinajstić information content (AvgIpc) is 2.60. The highest BCUT2D eigenvalue weighted by Gasteiger charge is 2.13. The van der Waals surface area contributed by atoms with E-state index in [0.29, 0.717) is 17.5 Å². The summed E-state index contributed by atoms with van der Waals surface area (Å²) >= 11 is 0. The molecule has 0 radical (unpaired) electrons. The summed E-state index contributed by atoms with van der Waals surface area (Å²) in [5, 5.41) is 11.7. The number of fused-ring (bicyclic) bond motifs is 1. The van der Waals surface area contributed by atoms with Gasteiger partial charge in [0, 0.05) is 30.7 Å². The molecule has 132 valence electrons. The van der Waals surface area contributed by atoms with Crippen LogP contribution < -0.4 is 21.0 Å². The Balaban J connectivity index is 1.98. The van der Waals surface area contributed by atoms with Gasteiger partial charge in [-0.15, -0.1) is 0 Å². The molecule has 0 aliphatic heterocycles. The molecule has 0 aliphatic carbocycles. The lowest BCUT2D eigenvalue weighted by atomic mass is 10.1. The highest BCUT2D eigenvalue weighted by molar-refractivity contribution is 5.92. The predicted octanol–water partition coefficient (Wildman–Crippen LogP) is 2.21. The Morgan fingerprint density at radius 2 is 1.92 bits per heavy atom. The number of benzene rings is 2. The number of nitrogens with zero attached hydrogens (tertiary/aromatic N) is 1. The highest BCUT2D eigenvalue weighted by atomic mass is 16.4. The molecule has 0 atom stereocenters. The lowest BCUT2D eigenvalue weighted by Gasteiger charge is -2.20. The lowest BCUT2D eigenvalue weighted by Crippen LogP contribution is -2.29. The van der Waals surface area contributed by atoms with Crippen LogP contribution in [-0.2, 0) is 0 Å². The molecule has 26 heavy (non-hydrogen) atoms. The van der Waals surface area contributed by atoms with Gasteiger partial charge in [-0.05, 0) is 41.1 Å². The van der Waals surface area contributed by atoms with Crippen LogP contribution in [-0.4, -0.2) is 24.7 Å². The zero-order valence-corrected chi connectivity index (χ0v) is 14.7. The second-order valence-corrected chi connectivity index (χ2v) is 6.27. The molecule has 0 amide bonds. The molecule has 0 unspecified atom stereocenters. The maximum atomic E-state index is 11.8. The fourth-order valence-electron chi connectivity index (χ4n) is 2.96. The van der Waals surface area contributed by atoms with Gasteiger partial charge in [0.1, 0.15) is 11.1 Å². The molecule has 1 aromatic heterocycles. The summed E-state index contributed by atoms with van der Waals surface area (Å²) in [6.07, 6.45) is 0. The number of rotatable bonds is 4. The van der Waals surface area contributed by atoms with E-state index in [0.717, 1.165) is 16.1 Å². The first kappa shape index (κ1) is 17.5. The maximum Gasteiger partial charge on any atom is 0.351 e. The summed E-state index contributed by atoms with van der Waals surface area (Å²) in [6.45, 7) is 6.79. The van der Waals surface area contributed by atoms with Gasteiger partial charge >= 0.3 is 11.6 Å². The second kappa shape index (κ2) is 6.88. The quantitative estimate of drug-likeness (QED) is 0.731. The van der Waals surface area contributed by atoms with Crippen molar-refractivity contribution < 1.29 is 14.3 Å². The van der Waals surface area contributed by atoms with Crippen LogP contribution in [0.1, 0.15) is 17.3 Å². The fourth-order valence-corrected chi connectivity index (χ4v) is 2.96. The van der Waals surface area contributed by atoms with Crippen molar-refractivity contribution in [2.45, 2.75) is 6.92 Å². The normalized spacial score (nSPS) is 12.1. The smallest absolute Gasteiger partial charge is 0.351 e. The largest absolute Gasteiger partial charge is 0.477 e. The number of aromatic carboxylic acids is 1. The van der Waals surface area contributed by atoms with Crippen molar-refractivity contribution in [3.8, 4) is 0 Å². The molecule has 2 aromatic carbocycles. The Kier molecular flexibility index (Phi) is 4.63. The van der Waals surface area contributed by atoms with Gasteiger partial charge < -0.3 is 14.4 Å². The fraction of sp³-hybridized carbons (Fsp3) is 0.143. The van der Waals surface area contributed by atoms with E-state index in [2.05, 4.69) is 13.5 Å². The van der Waals surface area contributed by atoms with Gasteiger partial charge in [-0.25, -0.2) is 9.59 Å². The van der Waals surface area contributed by atoms with Gasteiger partial charge in [-0.3, -0.25) is 0 Å². The van der Waals surface area contributed by atoms with Gasteiger partial charge in [0.15, 0.2) is 0 Å². The number of carboxylic acids is 1. The summed E-state index contributed by atoms with van der Waals surface area (Å²) in [6, 6.07) is 14.7. The highest BCUT2D eigenvalue weighted by Crippen LogP contribution is 2.21. The molecule has 3 rings (SSSR count). The zero-order chi connectivity index (χ0) is 18.8. The first-order chi connectivity index (χ1) is 12.4. The van der Waals surface area contributed by atoms with E-state index in [4.69, 9.17) is 9.52 Å². The third-order valence-corrected chi connectivity index (χ3v) is 4.34. The van der Waals surface area contributed by atoms with Crippen LogP contribution in [0.5, 0.6) is 0 Å². The molecule has 1 N–H and O–H groups in total. The number of anilines is 1. The van der Waals surface area contributed by atoms with Crippen LogP contribution in [0.15, 0.2) is 57.7 Å². The third-order valence-electron chi connectivity index (χ3n) is 4.34. The van der Waals surface area contributed by atoms with Crippen molar-refractivity contribution in [3.63, 3.8) is 0 Å². The van der Waals surface area contributed by atoms with Crippen LogP contribution >= 0.6 is 0 Å². The molecule has 0 bridgehead atoms. The van der Waals surface area contributed by atoms with Crippen molar-refractivity contribution in [2.24, 2.45) is 0 Å². The molecule has 0 fully saturated rings. The Hall–Kier alpha value is -3.34. The summed E-state index contributed by atoms with van der Waals surface area (Å²) in [5.74, 6) is -1.29. The molecule has 0 saturated heterocycles. The van der Waals surface area contributed by atoms with Crippen LogP contribution in [0.4, 0.5) is 5.69 Å². The van der Waals surface area contributed by atoms with Crippen molar-refractivity contribution in [2.75, 3.05) is 18.5 Å². The molecule has 0 saturated carbocycles. The second-order valence-electron chi connectivity index (χ2n) is 6.27. The van der Waals surface area contributed by atoms with Crippen molar-refractivity contribution in [1.29, 1.82) is 0 Å². The molecule has 0 spiro atoms. The minimum absolute atomic E-state index is 0.361. The lowest BCUT2D eigenvalue weighted by molar-refractivity contribution is 0.0692. The Morgan fingerprint density at radius 1 is 1.19 bits per heavy atom. The van der Waals surface area contributed by atoms with Gasteiger partial charge in [0.05, 0.1) is 0 Å². The van der Waals surface area contributed by atoms with E-state index in [9.17, 15) is 9.59 Å². The number of hydrogen-bond acceptors (Lipinski definition) is 4. The number of carboxylic acid groups (broad SMARTS) is 1. The standard InChI is InChI=1S/C21H19NO4/c1-13-6-4-5-7-17(13)14(2)12-22(3)16-9-8-15-10-18(20(23)24)21(25)26-19(15)11-16/h4-11H,1,12H2,2-3H3,(H,23,24). The van der Waals surface area contributed by atoms with Crippen LogP contribution in [0, 0.1) is 0 Å². The summed E-state index contributed by atoms with van der Waals surface area (Å²) in [5.41, 5.74) is 1.18. The van der Waals surface area contributed by atoms with E-state index in [-0.39, 0.29) is 5.56 Å². The van der Waals surface area contributed by atoms with Crippen molar-refractivity contribution in [1.82, 2.24) is 0 Å². The molecule has 1 heterocycles. The van der Waals surface area contributed by atoms with Gasteiger partial charge in [-0.1, -0.05) is 30.8 Å². The predicted molar refractivity (Wildman–Crippen MR) is 103 cm³/mol. The molecule has 3 aromatic rings. The summed E-state index contributed by atoms with van der Waals surface area (Å²) < 4.78 is 5.17. The monoisotopic (exact) mass is 349 g/mol. The number of carbonyl (C=O) groups is 1. The van der Waals surface area contributed by atoms with Crippen molar-refractivity contribution in [3.05, 3.63) is 75.0 Å². The molecule has 5 nitrogen and oxygen atoms in total. The zero-order valence-electron chi connectivity index (χ0n) is 14.7. The van der Waals surface area contributed by atoms with Gasteiger partial charge in [0.25, 0.3) is 0 Å². The molecule has 5 heteroatoms. The molecule has 0 aliphatic rings. The van der Waals surface area contributed by atoms with Crippen LogP contribution in [0.3, 0.4) is 0 Å². The Bertz CT molecular complexity index is 1160. The Morgan fingerprint density at radius 3 is 2.62 bits per heavy atom. The minimum atomic E-state index is -1.29. The van der Waals surface area contributed by atoms with Gasteiger partial charge in [0.2, 0.25) is 0 Å². The first-order valence-electron chi connectivity index (χ1n) is 8.13. The van der Waals surface area contributed by atoms with Crippen LogP contribution in [0.25, 0.3) is 23.1 Å². The Labute approximate surface area is 150 Å². The van der Waals surface area contributed by atoms with Crippen LogP contribution in [0.2, 0.25) is 0 Å². The number of hydrogen-bond donors (Lipinski definition) is 1. The average molecular weight is 349 g/mol. The minimum Gasteiger partial charge on any atom is -0.477 e. The maximum absolute atomic E-state index is 11.8. The van der Waals surface area contributed by atoms with E-state index >= 15 is 0 Å². The third kappa shape index (κ3) is 3.37. The van der Waals surface area contributed by atoms with E-state index in [1.807, 2.05) is 42.3 Å².